The lowest BCUT2D eigenvalue weighted by atomic mass is 9.89. The van der Waals surface area contributed by atoms with E-state index in [2.05, 4.69) is 12.2 Å². The predicted octanol–water partition coefficient (Wildman–Crippen LogP) is 2.73. The molecule has 1 N–H and O–H groups in total. The largest absolute Gasteiger partial charge is 0.380 e. The fourth-order valence-corrected chi connectivity index (χ4v) is 2.70. The van der Waals surface area contributed by atoms with Crippen LogP contribution in [0.1, 0.15) is 12.5 Å². The van der Waals surface area contributed by atoms with Crippen molar-refractivity contribution in [1.82, 2.24) is 5.32 Å². The average molecular weight is 300 g/mol. The van der Waals surface area contributed by atoms with Gasteiger partial charge in [-0.1, -0.05) is 30.7 Å². The van der Waals surface area contributed by atoms with Crippen LogP contribution in [0.2, 0.25) is 5.02 Å². The zero-order chi connectivity index (χ0) is 13.7. The average Bonchev–Trinajstić information content (AvgIpc) is 2.36. The molecule has 1 aromatic rings. The number of carbonyl (C=O) groups is 1. The third kappa shape index (κ3) is 4.71. The van der Waals surface area contributed by atoms with Crippen LogP contribution < -0.4 is 5.32 Å². The minimum Gasteiger partial charge on any atom is -0.380 e. The number of carbonyl (C=O) groups excluding carboxylic acids is 1. The summed E-state index contributed by atoms with van der Waals surface area (Å²) in [5, 5.41) is 3.70. The van der Waals surface area contributed by atoms with Crippen LogP contribution in [0.15, 0.2) is 24.3 Å². The highest BCUT2D eigenvalue weighted by atomic mass is 35.5. The number of rotatable bonds is 6. The molecule has 1 fully saturated rings. The number of amides is 1. The molecule has 0 aliphatic carbocycles. The van der Waals surface area contributed by atoms with Gasteiger partial charge >= 0.3 is 0 Å². The van der Waals surface area contributed by atoms with Crippen LogP contribution in [0.25, 0.3) is 0 Å². The second-order valence-electron chi connectivity index (χ2n) is 5.20. The van der Waals surface area contributed by atoms with Gasteiger partial charge in [0, 0.05) is 22.7 Å². The molecule has 19 heavy (non-hydrogen) atoms. The Morgan fingerprint density at radius 1 is 1.42 bits per heavy atom. The van der Waals surface area contributed by atoms with Crippen molar-refractivity contribution in [2.24, 2.45) is 5.41 Å². The second kappa shape index (κ2) is 6.64. The standard InChI is InChI=1S/C14H18ClNO2S/c1-14(9-18-10-14)8-16-13(17)7-19-6-11-2-4-12(15)5-3-11/h2-5H,6-10H2,1H3,(H,16,17). The van der Waals surface area contributed by atoms with E-state index in [9.17, 15) is 4.79 Å². The fraction of sp³-hybridized carbons (Fsp3) is 0.500. The summed E-state index contributed by atoms with van der Waals surface area (Å²) < 4.78 is 5.15. The summed E-state index contributed by atoms with van der Waals surface area (Å²) in [5.41, 5.74) is 1.32. The van der Waals surface area contributed by atoms with E-state index in [-0.39, 0.29) is 11.3 Å². The van der Waals surface area contributed by atoms with E-state index in [0.717, 1.165) is 24.0 Å². The molecule has 1 saturated heterocycles. The number of halogens is 1. The summed E-state index contributed by atoms with van der Waals surface area (Å²) in [7, 11) is 0. The summed E-state index contributed by atoms with van der Waals surface area (Å²) in [6.07, 6.45) is 0. The molecule has 0 saturated carbocycles. The first-order chi connectivity index (χ1) is 9.07. The molecule has 0 bridgehead atoms. The van der Waals surface area contributed by atoms with E-state index >= 15 is 0 Å². The van der Waals surface area contributed by atoms with Crippen molar-refractivity contribution in [3.63, 3.8) is 0 Å². The molecule has 0 atom stereocenters. The van der Waals surface area contributed by atoms with Gasteiger partial charge in [0.1, 0.15) is 0 Å². The van der Waals surface area contributed by atoms with Gasteiger partial charge in [-0.2, -0.15) is 0 Å². The third-order valence-electron chi connectivity index (χ3n) is 3.03. The molecule has 0 unspecified atom stereocenters. The Kier molecular flexibility index (Phi) is 5.13. The van der Waals surface area contributed by atoms with Crippen LogP contribution in [-0.2, 0) is 15.3 Å². The van der Waals surface area contributed by atoms with E-state index in [1.807, 2.05) is 24.3 Å². The van der Waals surface area contributed by atoms with Crippen LogP contribution in [0, 0.1) is 5.41 Å². The summed E-state index contributed by atoms with van der Waals surface area (Å²) >= 11 is 7.43. The molecular formula is C14H18ClNO2S. The Labute approximate surface area is 123 Å². The maximum Gasteiger partial charge on any atom is 0.230 e. The predicted molar refractivity (Wildman–Crippen MR) is 79.5 cm³/mol. The van der Waals surface area contributed by atoms with Crippen LogP contribution >= 0.6 is 23.4 Å². The monoisotopic (exact) mass is 299 g/mol. The van der Waals surface area contributed by atoms with E-state index in [4.69, 9.17) is 16.3 Å². The molecule has 1 aliphatic rings. The maximum absolute atomic E-state index is 11.7. The highest BCUT2D eigenvalue weighted by Gasteiger charge is 2.33. The molecule has 0 radical (unpaired) electrons. The van der Waals surface area contributed by atoms with Gasteiger partial charge in [-0.05, 0) is 17.7 Å². The minimum absolute atomic E-state index is 0.0899. The van der Waals surface area contributed by atoms with Gasteiger partial charge < -0.3 is 10.1 Å². The number of nitrogens with one attached hydrogen (secondary N) is 1. The molecular weight excluding hydrogens is 282 g/mol. The third-order valence-corrected chi connectivity index (χ3v) is 4.28. The summed E-state index contributed by atoms with van der Waals surface area (Å²) in [6, 6.07) is 7.71. The Morgan fingerprint density at radius 2 is 2.11 bits per heavy atom. The Balaban J connectivity index is 1.62. The molecule has 0 spiro atoms. The second-order valence-corrected chi connectivity index (χ2v) is 6.62. The maximum atomic E-state index is 11.7. The zero-order valence-corrected chi connectivity index (χ0v) is 12.5. The first kappa shape index (κ1) is 14.7. The van der Waals surface area contributed by atoms with Crippen molar-refractivity contribution in [1.29, 1.82) is 0 Å². The van der Waals surface area contributed by atoms with Crippen molar-refractivity contribution in [3.8, 4) is 0 Å². The van der Waals surface area contributed by atoms with E-state index in [0.29, 0.717) is 12.3 Å². The number of benzene rings is 1. The number of hydrogen-bond donors (Lipinski definition) is 1. The van der Waals surface area contributed by atoms with Crippen molar-refractivity contribution in [2.45, 2.75) is 12.7 Å². The molecule has 3 nitrogen and oxygen atoms in total. The van der Waals surface area contributed by atoms with Crippen LogP contribution in [0.4, 0.5) is 0 Å². The van der Waals surface area contributed by atoms with E-state index < -0.39 is 0 Å². The number of thioether (sulfide) groups is 1. The lowest BCUT2D eigenvalue weighted by molar-refractivity contribution is -0.124. The van der Waals surface area contributed by atoms with Crippen LogP contribution in [0.5, 0.6) is 0 Å². The van der Waals surface area contributed by atoms with Gasteiger partial charge in [-0.3, -0.25) is 4.79 Å². The summed E-state index contributed by atoms with van der Waals surface area (Å²) in [4.78, 5) is 11.7. The van der Waals surface area contributed by atoms with Crippen molar-refractivity contribution >= 4 is 29.3 Å². The fourth-order valence-electron chi connectivity index (χ4n) is 1.76. The Bertz CT molecular complexity index is 432. The molecule has 104 valence electrons. The van der Waals surface area contributed by atoms with Gasteiger partial charge in [0.2, 0.25) is 5.91 Å². The minimum atomic E-state index is 0.0899. The van der Waals surface area contributed by atoms with Gasteiger partial charge in [-0.25, -0.2) is 0 Å². The van der Waals surface area contributed by atoms with E-state index in [1.54, 1.807) is 11.8 Å². The zero-order valence-electron chi connectivity index (χ0n) is 10.9. The van der Waals surface area contributed by atoms with Gasteiger partial charge in [0.05, 0.1) is 19.0 Å². The Hall–Kier alpha value is -0.710. The molecule has 2 rings (SSSR count). The topological polar surface area (TPSA) is 38.3 Å². The number of hydrogen-bond acceptors (Lipinski definition) is 3. The SMILES string of the molecule is CC1(CNC(=O)CSCc2ccc(Cl)cc2)COC1. The summed E-state index contributed by atoms with van der Waals surface area (Å²) in [5.74, 6) is 1.40. The lowest BCUT2D eigenvalue weighted by Crippen LogP contribution is -2.48. The van der Waals surface area contributed by atoms with Crippen molar-refractivity contribution in [3.05, 3.63) is 34.9 Å². The molecule has 1 amide bonds. The smallest absolute Gasteiger partial charge is 0.230 e. The van der Waals surface area contributed by atoms with Crippen LogP contribution in [0.3, 0.4) is 0 Å². The molecule has 1 aliphatic heterocycles. The highest BCUT2D eigenvalue weighted by molar-refractivity contribution is 7.99. The first-order valence-corrected chi connectivity index (χ1v) is 7.77. The number of ether oxygens (including phenoxy) is 1. The molecule has 1 aromatic carbocycles. The van der Waals surface area contributed by atoms with Gasteiger partial charge in [0.25, 0.3) is 0 Å². The quantitative estimate of drug-likeness (QED) is 0.878. The molecule has 5 heteroatoms. The normalized spacial score (nSPS) is 16.7. The van der Waals surface area contributed by atoms with Gasteiger partial charge in [0.15, 0.2) is 0 Å². The summed E-state index contributed by atoms with van der Waals surface area (Å²) in [6.45, 7) is 4.31. The van der Waals surface area contributed by atoms with Crippen LogP contribution in [-0.4, -0.2) is 31.4 Å². The van der Waals surface area contributed by atoms with Crippen molar-refractivity contribution in [2.75, 3.05) is 25.5 Å². The molecule has 1 heterocycles. The first-order valence-electron chi connectivity index (χ1n) is 6.24. The lowest BCUT2D eigenvalue weighted by Gasteiger charge is -2.38. The molecule has 0 aromatic heterocycles. The van der Waals surface area contributed by atoms with Gasteiger partial charge in [-0.15, -0.1) is 11.8 Å². The van der Waals surface area contributed by atoms with E-state index in [1.165, 1.54) is 5.56 Å². The highest BCUT2D eigenvalue weighted by Crippen LogP contribution is 2.25. The van der Waals surface area contributed by atoms with Crippen molar-refractivity contribution < 1.29 is 9.53 Å². The Morgan fingerprint density at radius 3 is 2.68 bits per heavy atom.